The maximum atomic E-state index is 13.8. The van der Waals surface area contributed by atoms with Crippen molar-refractivity contribution < 1.29 is 19.1 Å². The summed E-state index contributed by atoms with van der Waals surface area (Å²) in [7, 11) is 1.56. The average molecular weight is 438 g/mol. The van der Waals surface area contributed by atoms with Gasteiger partial charge in [0.05, 0.1) is 24.8 Å². The van der Waals surface area contributed by atoms with Crippen LogP contribution in [-0.2, 0) is 9.53 Å². The lowest BCUT2D eigenvalue weighted by Gasteiger charge is -2.32. The van der Waals surface area contributed by atoms with Gasteiger partial charge in [0.2, 0.25) is 0 Å². The van der Waals surface area contributed by atoms with Crippen molar-refractivity contribution in [3.05, 3.63) is 65.7 Å². The first-order valence-electron chi connectivity index (χ1n) is 10.2. The standard InChI is InChI=1S/C25H27NO4S/c1-24(2,3)30-21(27)14-19-15-31-23(18-8-6-5-7-9-18)25(19,16-26)22(28)17-10-12-20(29-4)13-11-17/h5-13,19,23H,14-15H2,1-4H3/t19-,23+,25+/m1/s1. The van der Waals surface area contributed by atoms with E-state index >= 15 is 0 Å². The Morgan fingerprint density at radius 1 is 1.13 bits per heavy atom. The van der Waals surface area contributed by atoms with Gasteiger partial charge in [-0.15, -0.1) is 0 Å². The van der Waals surface area contributed by atoms with E-state index in [-0.39, 0.29) is 17.5 Å². The van der Waals surface area contributed by atoms with Crippen molar-refractivity contribution in [2.45, 2.75) is 38.0 Å². The van der Waals surface area contributed by atoms with Crippen LogP contribution >= 0.6 is 11.8 Å². The average Bonchev–Trinajstić information content (AvgIpc) is 3.11. The maximum Gasteiger partial charge on any atom is 0.306 e. The number of hydrogen-bond donors (Lipinski definition) is 0. The number of carbonyl (C=O) groups excluding carboxylic acids is 2. The zero-order valence-corrected chi connectivity index (χ0v) is 19.1. The van der Waals surface area contributed by atoms with Crippen LogP contribution in [0, 0.1) is 22.7 Å². The number of esters is 1. The highest BCUT2D eigenvalue weighted by atomic mass is 32.2. The van der Waals surface area contributed by atoms with E-state index in [1.165, 1.54) is 0 Å². The van der Waals surface area contributed by atoms with Gasteiger partial charge in [-0.05, 0) is 56.4 Å². The molecule has 0 aliphatic carbocycles. The van der Waals surface area contributed by atoms with Gasteiger partial charge in [0.15, 0.2) is 5.78 Å². The van der Waals surface area contributed by atoms with Gasteiger partial charge in [-0.3, -0.25) is 9.59 Å². The van der Waals surface area contributed by atoms with Crippen molar-refractivity contribution in [2.75, 3.05) is 12.9 Å². The molecule has 162 valence electrons. The van der Waals surface area contributed by atoms with Crippen molar-refractivity contribution in [3.8, 4) is 11.8 Å². The smallest absolute Gasteiger partial charge is 0.306 e. The lowest BCUT2D eigenvalue weighted by molar-refractivity contribution is -0.156. The third-order valence-corrected chi connectivity index (χ3v) is 6.94. The van der Waals surface area contributed by atoms with Crippen LogP contribution in [0.25, 0.3) is 0 Å². The Hall–Kier alpha value is -2.78. The van der Waals surface area contributed by atoms with E-state index in [9.17, 15) is 14.9 Å². The van der Waals surface area contributed by atoms with E-state index in [0.29, 0.717) is 17.1 Å². The fourth-order valence-electron chi connectivity index (χ4n) is 3.97. The van der Waals surface area contributed by atoms with Crippen molar-refractivity contribution in [1.82, 2.24) is 0 Å². The van der Waals surface area contributed by atoms with Crippen LogP contribution in [0.2, 0.25) is 0 Å². The van der Waals surface area contributed by atoms with Gasteiger partial charge in [0.1, 0.15) is 16.8 Å². The van der Waals surface area contributed by atoms with Crippen molar-refractivity contribution in [3.63, 3.8) is 0 Å². The molecule has 1 aliphatic rings. The SMILES string of the molecule is COc1ccc(C(=O)[C@]2(C#N)[C@H](CC(=O)OC(C)(C)C)CS[C@H]2c2ccccc2)cc1. The van der Waals surface area contributed by atoms with Crippen LogP contribution < -0.4 is 4.74 Å². The molecule has 31 heavy (non-hydrogen) atoms. The summed E-state index contributed by atoms with van der Waals surface area (Å²) in [5.41, 5.74) is -0.670. The molecule has 2 aromatic carbocycles. The van der Waals surface area contributed by atoms with Crippen LogP contribution in [0.15, 0.2) is 54.6 Å². The Kier molecular flexibility index (Phi) is 6.76. The number of hydrogen-bond acceptors (Lipinski definition) is 6. The zero-order valence-electron chi connectivity index (χ0n) is 18.3. The summed E-state index contributed by atoms with van der Waals surface area (Å²) in [5, 5.41) is 10.1. The predicted octanol–water partition coefficient (Wildman–Crippen LogP) is 5.22. The molecule has 0 aromatic heterocycles. The number of thioether (sulfide) groups is 1. The van der Waals surface area contributed by atoms with E-state index in [0.717, 1.165) is 5.56 Å². The van der Waals surface area contributed by atoms with Crippen LogP contribution in [0.5, 0.6) is 5.75 Å². The first kappa shape index (κ1) is 22.9. The summed E-state index contributed by atoms with van der Waals surface area (Å²) in [5.74, 6) is 0.0262. The van der Waals surface area contributed by atoms with E-state index in [4.69, 9.17) is 9.47 Å². The molecule has 0 bridgehead atoms. The molecule has 0 radical (unpaired) electrons. The van der Waals surface area contributed by atoms with Crippen LogP contribution in [0.1, 0.15) is 48.4 Å². The van der Waals surface area contributed by atoms with Gasteiger partial charge in [0.25, 0.3) is 0 Å². The Bertz CT molecular complexity index is 975. The van der Waals surface area contributed by atoms with E-state index in [2.05, 4.69) is 6.07 Å². The second kappa shape index (κ2) is 9.15. The van der Waals surface area contributed by atoms with Gasteiger partial charge in [0, 0.05) is 11.5 Å². The monoisotopic (exact) mass is 437 g/mol. The molecule has 2 aromatic rings. The van der Waals surface area contributed by atoms with Gasteiger partial charge >= 0.3 is 5.97 Å². The van der Waals surface area contributed by atoms with Crippen molar-refractivity contribution in [2.24, 2.45) is 11.3 Å². The zero-order chi connectivity index (χ0) is 22.6. The summed E-state index contributed by atoms with van der Waals surface area (Å²) in [6.45, 7) is 5.42. The second-order valence-corrected chi connectivity index (χ2v) is 9.79. The number of rotatable bonds is 6. The van der Waals surface area contributed by atoms with Gasteiger partial charge in [-0.1, -0.05) is 30.3 Å². The highest BCUT2D eigenvalue weighted by Crippen LogP contribution is 2.58. The summed E-state index contributed by atoms with van der Waals surface area (Å²) < 4.78 is 10.7. The largest absolute Gasteiger partial charge is 0.497 e. The molecule has 0 spiro atoms. The molecule has 5 nitrogen and oxygen atoms in total. The minimum absolute atomic E-state index is 0.0169. The van der Waals surface area contributed by atoms with E-state index in [1.54, 1.807) is 63.9 Å². The number of benzene rings is 2. The third-order valence-electron chi connectivity index (χ3n) is 5.37. The number of nitriles is 1. The number of methoxy groups -OCH3 is 1. The molecule has 3 atom stereocenters. The van der Waals surface area contributed by atoms with Crippen LogP contribution in [0.4, 0.5) is 0 Å². The fourth-order valence-corrected chi connectivity index (χ4v) is 5.74. The molecule has 1 saturated heterocycles. The molecule has 6 heteroatoms. The van der Waals surface area contributed by atoms with Gasteiger partial charge in [-0.2, -0.15) is 17.0 Å². The quantitative estimate of drug-likeness (QED) is 0.455. The molecule has 0 saturated carbocycles. The molecule has 0 unspecified atom stereocenters. The van der Waals surface area contributed by atoms with E-state index in [1.807, 2.05) is 30.3 Å². The Balaban J connectivity index is 2.03. The van der Waals surface area contributed by atoms with E-state index < -0.39 is 22.9 Å². The summed E-state index contributed by atoms with van der Waals surface area (Å²) in [6.07, 6.45) is 0.0169. The number of ketones is 1. The molecule has 0 N–H and O–H groups in total. The highest BCUT2D eigenvalue weighted by molar-refractivity contribution is 7.99. The highest BCUT2D eigenvalue weighted by Gasteiger charge is 2.58. The molecular weight excluding hydrogens is 410 g/mol. The number of carbonyl (C=O) groups is 2. The summed E-state index contributed by atoms with van der Waals surface area (Å²) in [4.78, 5) is 26.5. The Labute approximate surface area is 187 Å². The molecule has 1 heterocycles. The molecule has 0 amide bonds. The predicted molar refractivity (Wildman–Crippen MR) is 121 cm³/mol. The third kappa shape index (κ3) is 4.77. The minimum atomic E-state index is -1.38. The van der Waals surface area contributed by atoms with Crippen LogP contribution in [-0.4, -0.2) is 30.2 Å². The maximum absolute atomic E-state index is 13.8. The summed E-state index contributed by atoms with van der Waals surface area (Å²) in [6, 6.07) is 18.7. The minimum Gasteiger partial charge on any atom is -0.497 e. The summed E-state index contributed by atoms with van der Waals surface area (Å²) >= 11 is 1.55. The lowest BCUT2D eigenvalue weighted by atomic mass is 9.67. The number of ether oxygens (including phenoxy) is 2. The van der Waals surface area contributed by atoms with Crippen molar-refractivity contribution >= 4 is 23.5 Å². The topological polar surface area (TPSA) is 76.4 Å². The lowest BCUT2D eigenvalue weighted by Crippen LogP contribution is -2.40. The second-order valence-electron chi connectivity index (χ2n) is 8.65. The van der Waals surface area contributed by atoms with Crippen molar-refractivity contribution in [1.29, 1.82) is 5.26 Å². The van der Waals surface area contributed by atoms with Gasteiger partial charge < -0.3 is 9.47 Å². The van der Waals surface area contributed by atoms with Crippen LogP contribution in [0.3, 0.4) is 0 Å². The number of nitrogens with zero attached hydrogens (tertiary/aromatic N) is 1. The van der Waals surface area contributed by atoms with Gasteiger partial charge in [-0.25, -0.2) is 0 Å². The Morgan fingerprint density at radius 2 is 1.77 bits per heavy atom. The molecular formula is C25H27NO4S. The molecule has 1 aliphatic heterocycles. The Morgan fingerprint density at radius 3 is 2.32 bits per heavy atom. The molecule has 1 fully saturated rings. The first-order valence-corrected chi connectivity index (χ1v) is 11.2. The number of Topliss-reactive ketones (excluding diaryl/α,β-unsaturated/α-hetero) is 1. The first-order chi connectivity index (χ1) is 14.7. The fraction of sp³-hybridized carbons (Fsp3) is 0.400. The normalized spacial score (nSPS) is 23.1. The molecule has 3 rings (SSSR count).